The molecule has 0 fully saturated rings. The topological polar surface area (TPSA) is 9.23 Å². The highest BCUT2D eigenvalue weighted by Gasteiger charge is 2.24. The lowest BCUT2D eigenvalue weighted by Gasteiger charge is -2.24. The first-order valence-electron chi connectivity index (χ1n) is 19.0. The van der Waals surface area contributed by atoms with Crippen molar-refractivity contribution in [3.8, 4) is 56.0 Å². The van der Waals surface area contributed by atoms with Crippen LogP contribution in [0.5, 0.6) is 11.5 Å². The average molecular weight is 626 g/mol. The summed E-state index contributed by atoms with van der Waals surface area (Å²) in [6.45, 7) is 0. The van der Waals surface area contributed by atoms with Crippen LogP contribution in [0.1, 0.15) is 6.85 Å². The Morgan fingerprint density at radius 2 is 0.959 bits per heavy atom. The average Bonchev–Trinajstić information content (AvgIpc) is 3.21. The first-order valence-corrected chi connectivity index (χ1v) is 16.5. The summed E-state index contributed by atoms with van der Waals surface area (Å²) in [7, 11) is 0. The molecule has 10 aromatic rings. The van der Waals surface area contributed by atoms with Gasteiger partial charge in [-0.05, 0) is 112 Å². The molecule has 1 aliphatic heterocycles. The molecule has 0 unspecified atom stereocenters. The number of rotatable bonds is 3. The largest absolute Gasteiger partial charge is 0.455 e. The van der Waals surface area contributed by atoms with Crippen molar-refractivity contribution in [1.82, 2.24) is 0 Å². The highest BCUT2D eigenvalue weighted by atomic mass is 16.5. The molecule has 0 N–H and O–H groups in total. The minimum Gasteiger partial charge on any atom is -0.455 e. The zero-order valence-electron chi connectivity index (χ0n) is 31.2. The fourth-order valence-electron chi connectivity index (χ4n) is 8.07. The van der Waals surface area contributed by atoms with Crippen molar-refractivity contribution in [2.45, 2.75) is 0 Å². The third kappa shape index (κ3) is 3.87. The molecule has 0 atom stereocenters. The zero-order valence-corrected chi connectivity index (χ0v) is 26.2. The van der Waals surface area contributed by atoms with Gasteiger partial charge in [-0.1, -0.05) is 139 Å². The summed E-state index contributed by atoms with van der Waals surface area (Å²) >= 11 is 0. The van der Waals surface area contributed by atoms with Gasteiger partial charge in [0, 0.05) is 16.3 Å². The van der Waals surface area contributed by atoms with E-state index < -0.39 is 6.04 Å². The fourth-order valence-corrected chi connectivity index (χ4v) is 8.07. The van der Waals surface area contributed by atoms with Crippen LogP contribution < -0.4 is 4.74 Å². The van der Waals surface area contributed by atoms with Gasteiger partial charge in [0.05, 0.1) is 6.85 Å². The monoisotopic (exact) mass is 625 g/mol. The van der Waals surface area contributed by atoms with E-state index in [-0.39, 0.29) is 29.7 Å². The number of fused-ring (bicyclic) bond motifs is 4. The Balaban J connectivity index is 1.20. The Hall–Kier alpha value is -6.44. The summed E-state index contributed by atoms with van der Waals surface area (Å²) in [5.41, 5.74) is 6.57. The summed E-state index contributed by atoms with van der Waals surface area (Å²) in [6, 6.07) is 46.8. The number of benzene rings is 10. The van der Waals surface area contributed by atoms with E-state index in [0.717, 1.165) is 77.2 Å². The summed E-state index contributed by atoms with van der Waals surface area (Å²) < 4.78 is 49.9. The molecule has 226 valence electrons. The highest BCUT2D eigenvalue weighted by Crippen LogP contribution is 2.51. The molecule has 0 saturated carbocycles. The van der Waals surface area contributed by atoms with Crippen LogP contribution >= 0.6 is 0 Å². The first-order chi connectivity index (χ1) is 26.4. The van der Waals surface area contributed by atoms with E-state index in [0.29, 0.717) is 5.56 Å². The Bertz CT molecular complexity index is 3210. The molecular weight excluding hydrogens is 593 g/mol. The predicted octanol–water partition coefficient (Wildman–Crippen LogP) is 13.7. The SMILES string of the molecule is [2H]c1c([2H])c([2H])c(-c2cc(-c3ccc4c5c(cccc35)-c3ccc5ccccc5c3O4)cc(-c3ccc4ccc5cccc6ccc3c4c56)c2)c([2H])c1[2H]. The van der Waals surface area contributed by atoms with E-state index in [4.69, 9.17) is 11.6 Å². The molecule has 0 spiro atoms. The van der Waals surface area contributed by atoms with Gasteiger partial charge in [0.2, 0.25) is 0 Å². The van der Waals surface area contributed by atoms with Crippen molar-refractivity contribution in [2.24, 2.45) is 0 Å². The van der Waals surface area contributed by atoms with Crippen molar-refractivity contribution in [3.05, 3.63) is 170 Å². The molecule has 1 heterocycles. The maximum absolute atomic E-state index is 8.95. The van der Waals surface area contributed by atoms with Gasteiger partial charge in [-0.2, -0.15) is 0 Å². The van der Waals surface area contributed by atoms with Gasteiger partial charge in [0.15, 0.2) is 0 Å². The van der Waals surface area contributed by atoms with E-state index >= 15 is 0 Å². The molecule has 0 saturated heterocycles. The van der Waals surface area contributed by atoms with E-state index in [9.17, 15) is 0 Å². The maximum atomic E-state index is 8.95. The molecule has 49 heavy (non-hydrogen) atoms. The minimum atomic E-state index is -0.409. The third-order valence-electron chi connectivity index (χ3n) is 10.3. The van der Waals surface area contributed by atoms with Crippen LogP contribution in [0.2, 0.25) is 0 Å². The Morgan fingerprint density at radius 1 is 0.367 bits per heavy atom. The number of ether oxygens (including phenoxy) is 1. The second-order valence-corrected chi connectivity index (χ2v) is 12.9. The lowest BCUT2D eigenvalue weighted by Crippen LogP contribution is -1.99. The first kappa shape index (κ1) is 22.2. The molecule has 10 aromatic carbocycles. The quantitative estimate of drug-likeness (QED) is 0.178. The van der Waals surface area contributed by atoms with E-state index in [1.54, 1.807) is 0 Å². The van der Waals surface area contributed by atoms with E-state index in [2.05, 4.69) is 109 Å². The zero-order chi connectivity index (χ0) is 36.4. The van der Waals surface area contributed by atoms with E-state index in [1.807, 2.05) is 30.3 Å². The lowest BCUT2D eigenvalue weighted by atomic mass is 9.86. The maximum Gasteiger partial charge on any atom is 0.143 e. The number of hydrogen-bond acceptors (Lipinski definition) is 1. The van der Waals surface area contributed by atoms with Gasteiger partial charge < -0.3 is 4.74 Å². The molecule has 0 aliphatic carbocycles. The van der Waals surface area contributed by atoms with Crippen LogP contribution in [0.3, 0.4) is 0 Å². The second kappa shape index (κ2) is 10.0. The molecule has 0 bridgehead atoms. The fraction of sp³-hybridized carbons (Fsp3) is 0. The molecule has 0 amide bonds. The summed E-state index contributed by atoms with van der Waals surface area (Å²) in [5.74, 6) is 1.63. The van der Waals surface area contributed by atoms with Crippen LogP contribution in [0.4, 0.5) is 0 Å². The van der Waals surface area contributed by atoms with Crippen molar-refractivity contribution in [1.29, 1.82) is 0 Å². The molecule has 1 aliphatic rings. The molecule has 0 radical (unpaired) electrons. The standard InChI is InChI=1S/C48H28O/c1-2-8-29(9-3-1)34-26-35(37-21-19-33-17-16-31-11-6-12-32-20-22-42(37)46(33)45(31)32)28-36(27-34)38-24-25-44-47-40(38)14-7-15-41(47)43-23-18-30-10-4-5-13-39(30)48(43)49-44/h1-28H/i1D,2D,3D,8D,9D. The molecular formula is C48H28O. The smallest absolute Gasteiger partial charge is 0.143 e. The van der Waals surface area contributed by atoms with Gasteiger partial charge in [-0.25, -0.2) is 0 Å². The van der Waals surface area contributed by atoms with Gasteiger partial charge in [-0.3, -0.25) is 0 Å². The lowest BCUT2D eigenvalue weighted by molar-refractivity contribution is 0.493. The van der Waals surface area contributed by atoms with Crippen LogP contribution in [0.15, 0.2) is 170 Å². The van der Waals surface area contributed by atoms with Gasteiger partial charge >= 0.3 is 0 Å². The molecule has 1 heteroatoms. The van der Waals surface area contributed by atoms with Gasteiger partial charge in [0.25, 0.3) is 0 Å². The molecule has 1 nitrogen and oxygen atoms in total. The summed E-state index contributed by atoms with van der Waals surface area (Å²) in [6.07, 6.45) is 0. The number of hydrogen-bond donors (Lipinski definition) is 0. The summed E-state index contributed by atoms with van der Waals surface area (Å²) in [4.78, 5) is 0. The predicted molar refractivity (Wildman–Crippen MR) is 207 cm³/mol. The van der Waals surface area contributed by atoms with Crippen LogP contribution in [0.25, 0.3) is 98.4 Å². The van der Waals surface area contributed by atoms with Gasteiger partial charge in [0.1, 0.15) is 11.5 Å². The second-order valence-electron chi connectivity index (χ2n) is 12.9. The van der Waals surface area contributed by atoms with Crippen molar-refractivity contribution in [2.75, 3.05) is 0 Å². The normalized spacial score (nSPS) is 13.7. The van der Waals surface area contributed by atoms with Crippen molar-refractivity contribution < 1.29 is 11.6 Å². The molecule has 11 rings (SSSR count). The Labute approximate surface area is 290 Å². The van der Waals surface area contributed by atoms with Crippen LogP contribution in [-0.4, -0.2) is 0 Å². The Kier molecular flexibility index (Phi) is 4.54. The van der Waals surface area contributed by atoms with Gasteiger partial charge in [-0.15, -0.1) is 0 Å². The van der Waals surface area contributed by atoms with Crippen LogP contribution in [0, 0.1) is 0 Å². The third-order valence-corrected chi connectivity index (χ3v) is 10.3. The van der Waals surface area contributed by atoms with E-state index in [1.165, 1.54) is 21.5 Å². The van der Waals surface area contributed by atoms with Crippen molar-refractivity contribution >= 4 is 53.9 Å². The minimum absolute atomic E-state index is 0.175. The molecule has 0 aromatic heterocycles. The Morgan fingerprint density at radius 3 is 1.80 bits per heavy atom. The highest BCUT2D eigenvalue weighted by molar-refractivity contribution is 6.25. The summed E-state index contributed by atoms with van der Waals surface area (Å²) in [5, 5.41) is 11.2. The van der Waals surface area contributed by atoms with Crippen LogP contribution in [-0.2, 0) is 0 Å². The van der Waals surface area contributed by atoms with Crippen molar-refractivity contribution in [3.63, 3.8) is 0 Å².